The number of hydrogen-bond acceptors (Lipinski definition) is 4. The zero-order chi connectivity index (χ0) is 27.8. The number of aryl methyl sites for hydroxylation is 1. The van der Waals surface area contributed by atoms with Gasteiger partial charge >= 0.3 is 6.18 Å². The van der Waals surface area contributed by atoms with E-state index in [2.05, 4.69) is 40.8 Å². The molecule has 2 N–H and O–H groups in total. The molecule has 206 valence electrons. The second-order valence-corrected chi connectivity index (χ2v) is 9.07. The average Bonchev–Trinajstić information content (AvgIpc) is 2.86. The summed E-state index contributed by atoms with van der Waals surface area (Å²) in [5, 5.41) is 16.6. The molecule has 37 heavy (non-hydrogen) atoms. The van der Waals surface area contributed by atoms with Gasteiger partial charge in [0.1, 0.15) is 0 Å². The van der Waals surface area contributed by atoms with Crippen molar-refractivity contribution in [1.82, 2.24) is 15.5 Å². The van der Waals surface area contributed by atoms with E-state index in [1.807, 2.05) is 40.0 Å². The second-order valence-electron chi connectivity index (χ2n) is 9.07. The molecule has 7 heteroatoms. The smallest absolute Gasteiger partial charge is 0.388 e. The molecule has 1 aromatic carbocycles. The summed E-state index contributed by atoms with van der Waals surface area (Å²) in [4.78, 5) is 0. The van der Waals surface area contributed by atoms with E-state index < -0.39 is 11.7 Å². The van der Waals surface area contributed by atoms with Crippen molar-refractivity contribution in [3.63, 3.8) is 0 Å². The van der Waals surface area contributed by atoms with E-state index in [1.54, 1.807) is 6.07 Å². The van der Waals surface area contributed by atoms with E-state index in [9.17, 15) is 13.2 Å². The van der Waals surface area contributed by atoms with Crippen molar-refractivity contribution in [1.29, 1.82) is 0 Å². The number of unbranched alkanes of at least 4 members (excludes halogenated alkanes) is 5. The third-order valence-electron chi connectivity index (χ3n) is 6.19. The lowest BCUT2D eigenvalue weighted by atomic mass is 10.0. The summed E-state index contributed by atoms with van der Waals surface area (Å²) in [5.74, 6) is 0.526. The van der Waals surface area contributed by atoms with Crippen LogP contribution in [0.25, 0.3) is 12.2 Å². The van der Waals surface area contributed by atoms with Crippen molar-refractivity contribution in [3.8, 4) is 0 Å². The van der Waals surface area contributed by atoms with Gasteiger partial charge in [-0.1, -0.05) is 83.6 Å². The molecule has 0 aliphatic rings. The molecule has 0 fully saturated rings. The number of benzene rings is 1. The Kier molecular flexibility index (Phi) is 14.6. The summed E-state index contributed by atoms with van der Waals surface area (Å²) in [5.41, 5.74) is 1.87. The minimum absolute atomic E-state index is 0.210. The zero-order valence-corrected chi connectivity index (χ0v) is 23.6. The van der Waals surface area contributed by atoms with Gasteiger partial charge in [-0.25, -0.2) is 0 Å². The Balaban J connectivity index is 0.000000738. The summed E-state index contributed by atoms with van der Waals surface area (Å²) >= 11 is 0. The van der Waals surface area contributed by atoms with Crippen molar-refractivity contribution in [2.45, 2.75) is 99.2 Å². The number of halogens is 3. The molecule has 0 spiro atoms. The minimum Gasteiger partial charge on any atom is -0.388 e. The summed E-state index contributed by atoms with van der Waals surface area (Å²) in [6.07, 6.45) is 11.0. The first-order valence-corrected chi connectivity index (χ1v) is 13.4. The van der Waals surface area contributed by atoms with E-state index in [0.29, 0.717) is 11.4 Å². The third-order valence-corrected chi connectivity index (χ3v) is 6.19. The van der Waals surface area contributed by atoms with Crippen LogP contribution in [0.2, 0.25) is 0 Å². The molecule has 2 aromatic rings. The molecule has 0 radical (unpaired) electrons. The van der Waals surface area contributed by atoms with E-state index in [1.165, 1.54) is 51.5 Å². The molecule has 0 saturated carbocycles. The highest BCUT2D eigenvalue weighted by molar-refractivity contribution is 5.54. The van der Waals surface area contributed by atoms with E-state index >= 15 is 0 Å². The fourth-order valence-corrected chi connectivity index (χ4v) is 4.02. The van der Waals surface area contributed by atoms with Gasteiger partial charge in [0.2, 0.25) is 0 Å². The van der Waals surface area contributed by atoms with Crippen LogP contribution in [0.4, 0.5) is 19.0 Å². The fraction of sp³-hybridized carbons (Fsp3) is 0.533. The van der Waals surface area contributed by atoms with Crippen LogP contribution in [0.5, 0.6) is 0 Å². The third kappa shape index (κ3) is 10.6. The summed E-state index contributed by atoms with van der Waals surface area (Å²) in [6, 6.07) is 4.21. The van der Waals surface area contributed by atoms with Gasteiger partial charge in [-0.2, -0.15) is 18.3 Å². The van der Waals surface area contributed by atoms with Crippen LogP contribution < -0.4 is 21.1 Å². The SMILES string of the molecule is C/C=c1/c(C)nnc(NCc2cccc(C(F)(F)F)c2C)/c1=C/C(=C/CC)NC.CCCCCCCC. The number of anilines is 1. The van der Waals surface area contributed by atoms with E-state index in [-0.39, 0.29) is 12.1 Å². The summed E-state index contributed by atoms with van der Waals surface area (Å²) < 4.78 is 39.6. The van der Waals surface area contributed by atoms with Crippen molar-refractivity contribution in [2.24, 2.45) is 0 Å². The standard InChI is InChI=1S/C22H27F3N4.C8H18/c1-6-9-17(26-5)12-19-18(7-2)15(4)28-29-21(19)27-13-16-10-8-11-20(14(16)3)22(23,24)25;1-3-5-7-8-6-4-2/h7-12,26H,6,13H2,1-5H3,(H,27,29);3-8H2,1-2H3/b17-9-,18-7-,19-12+;. The predicted molar refractivity (Wildman–Crippen MR) is 151 cm³/mol. The maximum atomic E-state index is 13.2. The highest BCUT2D eigenvalue weighted by Gasteiger charge is 2.32. The molecule has 0 aliphatic heterocycles. The Morgan fingerprint density at radius 2 is 1.59 bits per heavy atom. The molecule has 0 atom stereocenters. The van der Waals surface area contributed by atoms with Gasteiger partial charge in [-0.05, 0) is 50.5 Å². The Hall–Kier alpha value is -2.83. The average molecular weight is 519 g/mol. The fourth-order valence-electron chi connectivity index (χ4n) is 4.02. The van der Waals surface area contributed by atoms with E-state index in [0.717, 1.165) is 34.3 Å². The molecule has 0 amide bonds. The Morgan fingerprint density at radius 3 is 2.11 bits per heavy atom. The first kappa shape index (κ1) is 32.2. The molecule has 0 aliphatic carbocycles. The van der Waals surface area contributed by atoms with Crippen molar-refractivity contribution in [3.05, 3.63) is 62.8 Å². The number of aromatic nitrogens is 2. The van der Waals surface area contributed by atoms with Gasteiger partial charge in [0.15, 0.2) is 5.82 Å². The number of allylic oxidation sites excluding steroid dienone is 2. The zero-order valence-electron chi connectivity index (χ0n) is 23.6. The van der Waals surface area contributed by atoms with E-state index in [4.69, 9.17) is 0 Å². The number of nitrogens with one attached hydrogen (secondary N) is 2. The predicted octanol–water partition coefficient (Wildman–Crippen LogP) is 7.19. The lowest BCUT2D eigenvalue weighted by Gasteiger charge is -2.15. The van der Waals surface area contributed by atoms with Gasteiger partial charge in [-0.15, -0.1) is 5.10 Å². The van der Waals surface area contributed by atoms with Crippen LogP contribution in [0.3, 0.4) is 0 Å². The molecule has 4 nitrogen and oxygen atoms in total. The van der Waals surface area contributed by atoms with Crippen LogP contribution >= 0.6 is 0 Å². The van der Waals surface area contributed by atoms with Gasteiger partial charge in [0, 0.05) is 29.7 Å². The Morgan fingerprint density at radius 1 is 0.946 bits per heavy atom. The molecule has 1 aromatic heterocycles. The highest BCUT2D eigenvalue weighted by Crippen LogP contribution is 2.33. The maximum absolute atomic E-state index is 13.2. The molecular weight excluding hydrogens is 473 g/mol. The first-order chi connectivity index (χ1) is 17.6. The second kappa shape index (κ2) is 16.8. The lowest BCUT2D eigenvalue weighted by Crippen LogP contribution is -2.34. The van der Waals surface area contributed by atoms with Gasteiger partial charge in [-0.3, -0.25) is 0 Å². The molecular formula is C30H45F3N4. The molecule has 0 saturated heterocycles. The minimum atomic E-state index is -4.38. The summed E-state index contributed by atoms with van der Waals surface area (Å²) in [6.45, 7) is 12.1. The van der Waals surface area contributed by atoms with Crippen LogP contribution in [0.1, 0.15) is 95.0 Å². The first-order valence-electron chi connectivity index (χ1n) is 13.4. The van der Waals surface area contributed by atoms with Crippen LogP contribution in [0, 0.1) is 13.8 Å². The number of hydrogen-bond donors (Lipinski definition) is 2. The van der Waals surface area contributed by atoms with Crippen molar-refractivity contribution >= 4 is 18.0 Å². The van der Waals surface area contributed by atoms with Crippen molar-refractivity contribution in [2.75, 3.05) is 12.4 Å². The summed E-state index contributed by atoms with van der Waals surface area (Å²) in [7, 11) is 1.84. The van der Waals surface area contributed by atoms with Crippen LogP contribution in [-0.4, -0.2) is 17.2 Å². The number of rotatable bonds is 11. The van der Waals surface area contributed by atoms with Crippen LogP contribution in [0.15, 0.2) is 30.0 Å². The van der Waals surface area contributed by atoms with Crippen LogP contribution in [-0.2, 0) is 12.7 Å². The molecule has 2 rings (SSSR count). The van der Waals surface area contributed by atoms with Gasteiger partial charge in [0.05, 0.1) is 11.3 Å². The molecule has 0 unspecified atom stereocenters. The molecule has 1 heterocycles. The van der Waals surface area contributed by atoms with Gasteiger partial charge < -0.3 is 10.6 Å². The lowest BCUT2D eigenvalue weighted by molar-refractivity contribution is -0.138. The Bertz CT molecular complexity index is 1100. The Labute approximate surface area is 221 Å². The largest absolute Gasteiger partial charge is 0.416 e. The monoisotopic (exact) mass is 518 g/mol. The maximum Gasteiger partial charge on any atom is 0.416 e. The highest BCUT2D eigenvalue weighted by atomic mass is 19.4. The topological polar surface area (TPSA) is 49.8 Å². The normalized spacial score (nSPS) is 12.9. The number of nitrogens with zero attached hydrogens (tertiary/aromatic N) is 2. The van der Waals surface area contributed by atoms with Gasteiger partial charge in [0.25, 0.3) is 0 Å². The quantitative estimate of drug-likeness (QED) is 0.309. The molecule has 0 bridgehead atoms. The van der Waals surface area contributed by atoms with Crippen molar-refractivity contribution < 1.29 is 13.2 Å². The number of alkyl halides is 3.